The second-order valence-electron chi connectivity index (χ2n) is 7.22. The van der Waals surface area contributed by atoms with E-state index in [1.807, 2.05) is 18.5 Å². The SMILES string of the molecule is Clc1cc2c(cn1)c1ncc(Br)cc1n2[C@H](c1ccccc1)C1CCOCC1. The minimum absolute atomic E-state index is 0.180. The largest absolute Gasteiger partial charge is 0.381 e. The van der Waals surface area contributed by atoms with Gasteiger partial charge in [-0.1, -0.05) is 41.9 Å². The first-order valence-electron chi connectivity index (χ1n) is 9.46. The fourth-order valence-electron chi connectivity index (χ4n) is 4.36. The van der Waals surface area contributed by atoms with Crippen LogP contribution in [0.2, 0.25) is 5.15 Å². The maximum atomic E-state index is 6.31. The summed E-state index contributed by atoms with van der Waals surface area (Å²) < 4.78 is 9.02. The van der Waals surface area contributed by atoms with Crippen LogP contribution in [0.3, 0.4) is 0 Å². The molecule has 6 heteroatoms. The molecule has 0 amide bonds. The lowest BCUT2D eigenvalue weighted by molar-refractivity contribution is 0.0553. The van der Waals surface area contributed by atoms with Crippen molar-refractivity contribution in [2.24, 2.45) is 5.92 Å². The van der Waals surface area contributed by atoms with Crippen molar-refractivity contribution in [3.63, 3.8) is 0 Å². The van der Waals surface area contributed by atoms with Crippen molar-refractivity contribution in [2.45, 2.75) is 18.9 Å². The zero-order valence-electron chi connectivity index (χ0n) is 15.2. The summed E-state index contributed by atoms with van der Waals surface area (Å²) in [5, 5.41) is 1.52. The lowest BCUT2D eigenvalue weighted by Crippen LogP contribution is -2.26. The number of hydrogen-bond acceptors (Lipinski definition) is 3. The van der Waals surface area contributed by atoms with Gasteiger partial charge in [0.1, 0.15) is 5.15 Å². The van der Waals surface area contributed by atoms with Gasteiger partial charge in [0.15, 0.2) is 0 Å². The van der Waals surface area contributed by atoms with Gasteiger partial charge < -0.3 is 9.30 Å². The molecule has 0 N–H and O–H groups in total. The Bertz CT molecular complexity index is 1080. The van der Waals surface area contributed by atoms with Crippen molar-refractivity contribution in [1.82, 2.24) is 14.5 Å². The van der Waals surface area contributed by atoms with E-state index < -0.39 is 0 Å². The van der Waals surface area contributed by atoms with E-state index in [0.29, 0.717) is 11.1 Å². The number of aromatic nitrogens is 3. The molecule has 0 bridgehead atoms. The first-order valence-corrected chi connectivity index (χ1v) is 10.6. The minimum atomic E-state index is 0.180. The fraction of sp³-hybridized carbons (Fsp3) is 0.273. The summed E-state index contributed by atoms with van der Waals surface area (Å²) in [7, 11) is 0. The highest BCUT2D eigenvalue weighted by molar-refractivity contribution is 9.10. The van der Waals surface area contributed by atoms with E-state index in [9.17, 15) is 0 Å². The predicted octanol–water partition coefficient (Wildman–Crippen LogP) is 6.02. The van der Waals surface area contributed by atoms with Gasteiger partial charge in [0.25, 0.3) is 0 Å². The smallest absolute Gasteiger partial charge is 0.131 e. The van der Waals surface area contributed by atoms with Crippen molar-refractivity contribution in [3.8, 4) is 0 Å². The van der Waals surface area contributed by atoms with Crippen molar-refractivity contribution in [2.75, 3.05) is 13.2 Å². The molecule has 1 aliphatic heterocycles. The highest BCUT2D eigenvalue weighted by Gasteiger charge is 2.30. The van der Waals surface area contributed by atoms with Crippen LogP contribution in [-0.4, -0.2) is 27.7 Å². The van der Waals surface area contributed by atoms with Crippen molar-refractivity contribution in [1.29, 1.82) is 0 Å². The van der Waals surface area contributed by atoms with Crippen LogP contribution in [0.5, 0.6) is 0 Å². The summed E-state index contributed by atoms with van der Waals surface area (Å²) in [5.41, 5.74) is 4.41. The van der Waals surface area contributed by atoms with Gasteiger partial charge in [-0.25, -0.2) is 4.98 Å². The Morgan fingerprint density at radius 2 is 1.82 bits per heavy atom. The van der Waals surface area contributed by atoms with Gasteiger partial charge in [0, 0.05) is 35.5 Å². The highest BCUT2D eigenvalue weighted by Crippen LogP contribution is 2.40. The van der Waals surface area contributed by atoms with Crippen LogP contribution in [-0.2, 0) is 4.74 Å². The minimum Gasteiger partial charge on any atom is -0.381 e. The zero-order chi connectivity index (χ0) is 19.1. The molecular formula is C22H19BrClN3O. The number of rotatable bonds is 3. The van der Waals surface area contributed by atoms with Crippen LogP contribution in [0.15, 0.2) is 59.3 Å². The van der Waals surface area contributed by atoms with E-state index >= 15 is 0 Å². The molecule has 1 aliphatic rings. The number of hydrogen-bond donors (Lipinski definition) is 0. The standard InChI is InChI=1S/C22H19BrClN3O/c23-16-10-19-21(26-12-16)17-13-25-20(24)11-18(17)27(19)22(14-4-2-1-3-5-14)15-6-8-28-9-7-15/h1-5,10-13,15,22H,6-9H2/t22-/m1/s1. The van der Waals surface area contributed by atoms with Crippen LogP contribution < -0.4 is 0 Å². The molecule has 3 aromatic heterocycles. The number of benzene rings is 1. The van der Waals surface area contributed by atoms with E-state index in [2.05, 4.69) is 61.9 Å². The van der Waals surface area contributed by atoms with Crippen LogP contribution in [0.25, 0.3) is 21.9 Å². The number of halogens is 2. The Morgan fingerprint density at radius 1 is 1.04 bits per heavy atom. The monoisotopic (exact) mass is 455 g/mol. The average Bonchev–Trinajstić information content (AvgIpc) is 3.02. The normalized spacial score (nSPS) is 16.6. The average molecular weight is 457 g/mol. The Hall–Kier alpha value is -1.95. The molecule has 5 rings (SSSR count). The molecule has 4 nitrogen and oxygen atoms in total. The molecule has 0 aliphatic carbocycles. The van der Waals surface area contributed by atoms with Gasteiger partial charge in [-0.2, -0.15) is 0 Å². The molecule has 142 valence electrons. The number of fused-ring (bicyclic) bond motifs is 3. The van der Waals surface area contributed by atoms with E-state index in [4.69, 9.17) is 21.3 Å². The molecule has 4 heterocycles. The first-order chi connectivity index (χ1) is 13.7. The molecule has 28 heavy (non-hydrogen) atoms. The van der Waals surface area contributed by atoms with Crippen LogP contribution in [0.4, 0.5) is 0 Å². The van der Waals surface area contributed by atoms with E-state index in [0.717, 1.165) is 52.5 Å². The second kappa shape index (κ2) is 7.47. The third kappa shape index (κ3) is 3.11. The lowest BCUT2D eigenvalue weighted by Gasteiger charge is -2.33. The Labute approximate surface area is 176 Å². The maximum Gasteiger partial charge on any atom is 0.131 e. The third-order valence-electron chi connectivity index (χ3n) is 5.59. The van der Waals surface area contributed by atoms with Gasteiger partial charge in [-0.15, -0.1) is 0 Å². The molecule has 0 saturated carbocycles. The van der Waals surface area contributed by atoms with Crippen LogP contribution in [0, 0.1) is 5.92 Å². The van der Waals surface area contributed by atoms with Crippen LogP contribution >= 0.6 is 27.5 Å². The van der Waals surface area contributed by atoms with Crippen molar-refractivity contribution < 1.29 is 4.74 Å². The fourth-order valence-corrected chi connectivity index (χ4v) is 4.84. The summed E-state index contributed by atoms with van der Waals surface area (Å²) in [4.78, 5) is 9.02. The zero-order valence-corrected chi connectivity index (χ0v) is 17.5. The van der Waals surface area contributed by atoms with Crippen LogP contribution in [0.1, 0.15) is 24.4 Å². The molecule has 1 saturated heterocycles. The first kappa shape index (κ1) is 18.1. The van der Waals surface area contributed by atoms with E-state index in [1.54, 1.807) is 0 Å². The third-order valence-corrected chi connectivity index (χ3v) is 6.23. The van der Waals surface area contributed by atoms with Crippen molar-refractivity contribution >= 4 is 49.5 Å². The Morgan fingerprint density at radius 3 is 2.61 bits per heavy atom. The molecule has 0 unspecified atom stereocenters. The lowest BCUT2D eigenvalue weighted by atomic mass is 9.86. The molecule has 1 fully saturated rings. The van der Waals surface area contributed by atoms with E-state index in [-0.39, 0.29) is 6.04 Å². The van der Waals surface area contributed by atoms with Gasteiger partial charge >= 0.3 is 0 Å². The predicted molar refractivity (Wildman–Crippen MR) is 116 cm³/mol. The van der Waals surface area contributed by atoms with Gasteiger partial charge in [-0.3, -0.25) is 4.98 Å². The summed E-state index contributed by atoms with van der Waals surface area (Å²) in [5.74, 6) is 0.473. The summed E-state index contributed by atoms with van der Waals surface area (Å²) in [6.45, 7) is 1.60. The molecule has 0 spiro atoms. The number of nitrogens with zero attached hydrogens (tertiary/aromatic N) is 3. The number of pyridine rings is 2. The summed E-state index contributed by atoms with van der Waals surface area (Å²) in [6.07, 6.45) is 5.73. The molecule has 4 aromatic rings. The summed E-state index contributed by atoms with van der Waals surface area (Å²) in [6, 6.07) is 15.0. The quantitative estimate of drug-likeness (QED) is 0.354. The molecule has 0 radical (unpaired) electrons. The summed E-state index contributed by atoms with van der Waals surface area (Å²) >= 11 is 9.91. The maximum absolute atomic E-state index is 6.31. The highest BCUT2D eigenvalue weighted by atomic mass is 79.9. The van der Waals surface area contributed by atoms with Gasteiger partial charge in [0.05, 0.1) is 22.6 Å². The molecule has 1 atom stereocenters. The molecular weight excluding hydrogens is 438 g/mol. The Kier molecular flexibility index (Phi) is 4.83. The van der Waals surface area contributed by atoms with Crippen molar-refractivity contribution in [3.05, 3.63) is 70.0 Å². The second-order valence-corrected chi connectivity index (χ2v) is 8.52. The van der Waals surface area contributed by atoms with E-state index in [1.165, 1.54) is 5.56 Å². The van der Waals surface area contributed by atoms with Gasteiger partial charge in [0.2, 0.25) is 0 Å². The van der Waals surface area contributed by atoms with Gasteiger partial charge in [-0.05, 0) is 52.4 Å². The molecule has 1 aromatic carbocycles. The topological polar surface area (TPSA) is 39.9 Å². The number of ether oxygens (including phenoxy) is 1. The Balaban J connectivity index is 1.84.